The molecule has 3 rings (SSSR count). The standard InChI is InChI=1S/C26H26S/c1-3-5-16-23(15-4-2)27(24-17-9-6-10-18-24,25-19-11-7-12-20-25)26-21-13-8-14-22-26/h3-4,6-22H,1,5H2,2H3/b15-4-,23-16+. The average Bonchev–Trinajstić information content (AvgIpc) is 2.75. The van der Waals surface area contributed by atoms with Crippen LogP contribution >= 0.6 is 10.0 Å². The molecule has 0 saturated heterocycles. The fraction of sp³-hybridized carbons (Fsp3) is 0.0769. The molecule has 0 radical (unpaired) electrons. The molecule has 0 aliphatic carbocycles. The normalized spacial score (nSPS) is 12.9. The summed E-state index contributed by atoms with van der Waals surface area (Å²) in [6, 6.07) is 32.7. The first-order valence-electron chi connectivity index (χ1n) is 9.26. The summed E-state index contributed by atoms with van der Waals surface area (Å²) in [7, 11) is -1.58. The van der Waals surface area contributed by atoms with E-state index < -0.39 is 10.0 Å². The largest absolute Gasteiger partial charge is 0.133 e. The van der Waals surface area contributed by atoms with Crippen molar-refractivity contribution in [2.75, 3.05) is 0 Å². The Morgan fingerprint density at radius 2 is 1.15 bits per heavy atom. The van der Waals surface area contributed by atoms with Crippen LogP contribution in [0.3, 0.4) is 0 Å². The van der Waals surface area contributed by atoms with Gasteiger partial charge in [0.1, 0.15) is 0 Å². The van der Waals surface area contributed by atoms with Crippen LogP contribution in [0.4, 0.5) is 0 Å². The lowest BCUT2D eigenvalue weighted by atomic mass is 10.3. The minimum atomic E-state index is -1.58. The molecule has 0 atom stereocenters. The highest BCUT2D eigenvalue weighted by Gasteiger charge is 2.33. The molecule has 0 saturated carbocycles. The van der Waals surface area contributed by atoms with Crippen molar-refractivity contribution >= 4 is 10.0 Å². The van der Waals surface area contributed by atoms with Crippen molar-refractivity contribution < 1.29 is 0 Å². The first-order valence-corrected chi connectivity index (χ1v) is 10.9. The molecule has 0 aliphatic heterocycles. The Labute approximate surface area is 164 Å². The van der Waals surface area contributed by atoms with Crippen molar-refractivity contribution in [2.24, 2.45) is 0 Å². The van der Waals surface area contributed by atoms with Gasteiger partial charge in [-0.2, -0.15) is 0 Å². The summed E-state index contributed by atoms with van der Waals surface area (Å²) < 4.78 is 0. The molecule has 0 nitrogen and oxygen atoms in total. The van der Waals surface area contributed by atoms with Crippen molar-refractivity contribution in [1.82, 2.24) is 0 Å². The molecule has 0 spiro atoms. The van der Waals surface area contributed by atoms with E-state index >= 15 is 0 Å². The molecule has 0 bridgehead atoms. The van der Waals surface area contributed by atoms with E-state index in [2.05, 4.69) is 123 Å². The van der Waals surface area contributed by atoms with Gasteiger partial charge in [-0.15, -0.1) is 16.6 Å². The van der Waals surface area contributed by atoms with Crippen LogP contribution in [0, 0.1) is 0 Å². The first kappa shape index (κ1) is 19.0. The van der Waals surface area contributed by atoms with E-state index in [1.54, 1.807) is 0 Å². The lowest BCUT2D eigenvalue weighted by molar-refractivity contribution is 1.28. The van der Waals surface area contributed by atoms with E-state index in [4.69, 9.17) is 0 Å². The van der Waals surface area contributed by atoms with Gasteiger partial charge in [-0.05, 0) is 54.6 Å². The van der Waals surface area contributed by atoms with Crippen molar-refractivity contribution in [3.8, 4) is 0 Å². The Morgan fingerprint density at radius 3 is 1.48 bits per heavy atom. The molecule has 1 heteroatoms. The maximum absolute atomic E-state index is 3.93. The minimum Gasteiger partial charge on any atom is -0.133 e. The Hall–Kier alpha value is -2.77. The topological polar surface area (TPSA) is 0 Å². The summed E-state index contributed by atoms with van der Waals surface area (Å²) in [6.07, 6.45) is 9.56. The third-order valence-corrected chi connectivity index (χ3v) is 8.41. The molecule has 0 amide bonds. The molecular weight excluding hydrogens is 344 g/mol. The zero-order valence-corrected chi connectivity index (χ0v) is 16.6. The maximum Gasteiger partial charge on any atom is 0.00228 e. The molecule has 0 heterocycles. The van der Waals surface area contributed by atoms with Gasteiger partial charge in [-0.25, -0.2) is 0 Å². The molecule has 0 N–H and O–H groups in total. The average molecular weight is 371 g/mol. The molecule has 3 aromatic carbocycles. The van der Waals surface area contributed by atoms with Crippen LogP contribution in [0.15, 0.2) is 141 Å². The third kappa shape index (κ3) is 3.84. The number of benzene rings is 3. The van der Waals surface area contributed by atoms with Gasteiger partial charge in [0.05, 0.1) is 0 Å². The zero-order chi connectivity index (χ0) is 19.0. The van der Waals surface area contributed by atoms with E-state index in [1.807, 2.05) is 6.08 Å². The minimum absolute atomic E-state index is 0.848. The monoisotopic (exact) mass is 370 g/mol. The molecule has 0 aromatic heterocycles. The van der Waals surface area contributed by atoms with Crippen LogP contribution in [0.25, 0.3) is 0 Å². The van der Waals surface area contributed by atoms with Gasteiger partial charge in [-0.1, -0.05) is 78.9 Å². The molecule has 0 fully saturated rings. The number of allylic oxidation sites excluding steroid dienone is 4. The number of hydrogen-bond acceptors (Lipinski definition) is 0. The van der Waals surface area contributed by atoms with Gasteiger partial charge in [0.2, 0.25) is 0 Å². The maximum atomic E-state index is 3.93. The van der Waals surface area contributed by atoms with Crippen LogP contribution < -0.4 is 0 Å². The third-order valence-electron chi connectivity index (χ3n) is 4.46. The van der Waals surface area contributed by atoms with Crippen LogP contribution in [-0.4, -0.2) is 0 Å². The molecule has 136 valence electrons. The van der Waals surface area contributed by atoms with Crippen molar-refractivity contribution in [1.29, 1.82) is 0 Å². The summed E-state index contributed by atoms with van der Waals surface area (Å²) in [5.74, 6) is 0. The molecular formula is C26H26S. The van der Waals surface area contributed by atoms with Crippen molar-refractivity contribution in [2.45, 2.75) is 28.0 Å². The fourth-order valence-electron chi connectivity index (χ4n) is 3.35. The van der Waals surface area contributed by atoms with Crippen LogP contribution in [0.5, 0.6) is 0 Å². The SMILES string of the molecule is C=CC/C=C(\C=C/C)S(c1ccccc1)(c1ccccc1)c1ccccc1. The van der Waals surface area contributed by atoms with Gasteiger partial charge >= 0.3 is 0 Å². The fourth-order valence-corrected chi connectivity index (χ4v) is 7.36. The molecule has 0 unspecified atom stereocenters. The summed E-state index contributed by atoms with van der Waals surface area (Å²) in [4.78, 5) is 5.37. The second-order valence-electron chi connectivity index (χ2n) is 6.18. The summed E-state index contributed by atoms with van der Waals surface area (Å²) in [5.41, 5.74) is 0. The van der Waals surface area contributed by atoms with Gasteiger partial charge in [0.25, 0.3) is 0 Å². The smallest absolute Gasteiger partial charge is 0.00228 e. The molecule has 3 aromatic rings. The van der Waals surface area contributed by atoms with Gasteiger partial charge < -0.3 is 0 Å². The van der Waals surface area contributed by atoms with Gasteiger partial charge in [-0.3, -0.25) is 0 Å². The lowest BCUT2D eigenvalue weighted by Gasteiger charge is -2.43. The van der Waals surface area contributed by atoms with Crippen molar-refractivity contribution in [3.63, 3.8) is 0 Å². The van der Waals surface area contributed by atoms with Gasteiger partial charge in [0.15, 0.2) is 0 Å². The summed E-state index contributed by atoms with van der Waals surface area (Å²) in [6.45, 7) is 6.02. The predicted octanol–water partition coefficient (Wildman–Crippen LogP) is 8.00. The predicted molar refractivity (Wildman–Crippen MR) is 119 cm³/mol. The van der Waals surface area contributed by atoms with Crippen molar-refractivity contribution in [3.05, 3.63) is 127 Å². The van der Waals surface area contributed by atoms with E-state index in [0.29, 0.717) is 0 Å². The van der Waals surface area contributed by atoms with E-state index in [9.17, 15) is 0 Å². The quantitative estimate of drug-likeness (QED) is 0.292. The van der Waals surface area contributed by atoms with Crippen LogP contribution in [0.2, 0.25) is 0 Å². The molecule has 0 aliphatic rings. The number of rotatable bonds is 7. The van der Waals surface area contributed by atoms with Crippen LogP contribution in [-0.2, 0) is 0 Å². The zero-order valence-electron chi connectivity index (χ0n) is 15.8. The molecule has 27 heavy (non-hydrogen) atoms. The Bertz CT molecular complexity index is 810. The highest BCUT2D eigenvalue weighted by molar-refractivity contribution is 8.37. The Morgan fingerprint density at radius 1 is 0.741 bits per heavy atom. The Kier molecular flexibility index (Phi) is 6.51. The van der Waals surface area contributed by atoms with E-state index in [0.717, 1.165) is 6.42 Å². The number of hydrogen-bond donors (Lipinski definition) is 0. The van der Waals surface area contributed by atoms with E-state index in [1.165, 1.54) is 19.6 Å². The van der Waals surface area contributed by atoms with E-state index in [-0.39, 0.29) is 0 Å². The highest BCUT2D eigenvalue weighted by atomic mass is 32.3. The second kappa shape index (κ2) is 9.25. The van der Waals surface area contributed by atoms with Gasteiger partial charge in [0, 0.05) is 14.7 Å². The Balaban J connectivity index is 2.44. The second-order valence-corrected chi connectivity index (χ2v) is 9.29. The summed E-state index contributed by atoms with van der Waals surface area (Å²) >= 11 is 0. The lowest BCUT2D eigenvalue weighted by Crippen LogP contribution is -2.06. The summed E-state index contributed by atoms with van der Waals surface area (Å²) in [5, 5.41) is 0. The highest BCUT2D eigenvalue weighted by Crippen LogP contribution is 2.73. The first-order chi connectivity index (χ1) is 13.3. The van der Waals surface area contributed by atoms with Crippen LogP contribution in [0.1, 0.15) is 13.3 Å².